The number of aromatic nitrogens is 2. The van der Waals surface area contributed by atoms with E-state index in [1.807, 2.05) is 41.5 Å². The topological polar surface area (TPSA) is 142 Å². The number of fused-ring (bicyclic) bond motifs is 2. The maximum Gasteiger partial charge on any atom is 0.410 e. The molecule has 1 aromatic rings. The van der Waals surface area contributed by atoms with Crippen LogP contribution in [0.25, 0.3) is 0 Å². The Morgan fingerprint density at radius 3 is 2.33 bits per heavy atom. The van der Waals surface area contributed by atoms with Crippen LogP contribution in [0.1, 0.15) is 97.9 Å². The number of aryl methyl sites for hydroxylation is 1. The average Bonchev–Trinajstić information content (AvgIpc) is 3.41. The highest BCUT2D eigenvalue weighted by Gasteiger charge is 2.46. The third kappa shape index (κ3) is 7.35. The molecule has 0 radical (unpaired) electrons. The first-order chi connectivity index (χ1) is 18.7. The van der Waals surface area contributed by atoms with Crippen LogP contribution in [0.3, 0.4) is 0 Å². The minimum Gasteiger partial charge on any atom is -0.444 e. The van der Waals surface area contributed by atoms with E-state index in [1.165, 1.54) is 0 Å². The van der Waals surface area contributed by atoms with E-state index in [2.05, 4.69) is 10.2 Å². The second-order valence-corrected chi connectivity index (χ2v) is 12.9. The van der Waals surface area contributed by atoms with Crippen molar-refractivity contribution in [2.45, 2.75) is 116 Å². The Labute approximate surface area is 235 Å². The number of unbranched alkanes of at least 4 members (excludes halogenated alkanes) is 1. The molecule has 4 heterocycles. The van der Waals surface area contributed by atoms with Gasteiger partial charge in [-0.2, -0.15) is 0 Å². The number of nitrogens with zero attached hydrogens (tertiary/aromatic N) is 6. The fourth-order valence-electron chi connectivity index (χ4n) is 5.40. The van der Waals surface area contributed by atoms with Crippen LogP contribution in [-0.4, -0.2) is 103 Å². The lowest BCUT2D eigenvalue weighted by atomic mass is 10.0. The number of carbonyl (C=O) groups excluding carboxylic acids is 3. The minimum absolute atomic E-state index is 0.0391. The molecule has 4 amide bonds. The summed E-state index contributed by atoms with van der Waals surface area (Å²) in [6, 6.07) is -0.964. The molecule has 2 bridgehead atoms. The van der Waals surface area contributed by atoms with Gasteiger partial charge in [0.15, 0.2) is 0 Å². The molecule has 1 aromatic heterocycles. The van der Waals surface area contributed by atoms with E-state index in [0.717, 1.165) is 11.5 Å². The van der Waals surface area contributed by atoms with Gasteiger partial charge in [-0.05, 0) is 80.1 Å². The number of carbonyl (C=O) groups is 3. The normalized spacial score (nSPS) is 22.1. The van der Waals surface area contributed by atoms with Crippen molar-refractivity contribution in [2.75, 3.05) is 26.2 Å². The molecule has 4 rings (SSSR count). The zero-order valence-electron chi connectivity index (χ0n) is 24.6. The summed E-state index contributed by atoms with van der Waals surface area (Å²) < 4.78 is 17.1. The Morgan fingerprint density at radius 2 is 1.68 bits per heavy atom. The fraction of sp³-hybridized carbons (Fsp3) is 0.815. The summed E-state index contributed by atoms with van der Waals surface area (Å²) in [6.07, 6.45) is 3.92. The van der Waals surface area contributed by atoms with Gasteiger partial charge in [0.25, 0.3) is 0 Å². The third-order valence-corrected chi connectivity index (χ3v) is 7.34. The molecule has 224 valence electrons. The average molecular weight is 565 g/mol. The second-order valence-electron chi connectivity index (χ2n) is 12.9. The molecule has 3 aliphatic heterocycles. The van der Waals surface area contributed by atoms with Gasteiger partial charge in [-0.15, -0.1) is 10.2 Å². The van der Waals surface area contributed by atoms with Crippen molar-refractivity contribution >= 4 is 18.2 Å². The van der Waals surface area contributed by atoms with Gasteiger partial charge >= 0.3 is 18.2 Å². The van der Waals surface area contributed by atoms with Gasteiger partial charge in [0.05, 0.1) is 6.04 Å². The third-order valence-electron chi connectivity index (χ3n) is 7.34. The van der Waals surface area contributed by atoms with Crippen LogP contribution in [0.2, 0.25) is 0 Å². The van der Waals surface area contributed by atoms with E-state index in [4.69, 9.17) is 13.9 Å². The van der Waals surface area contributed by atoms with Gasteiger partial charge < -0.3 is 28.6 Å². The molecular formula is C27H44N6O7. The lowest BCUT2D eigenvalue weighted by molar-refractivity contribution is -0.0584. The van der Waals surface area contributed by atoms with Gasteiger partial charge in [0.1, 0.15) is 17.2 Å². The molecule has 40 heavy (non-hydrogen) atoms. The number of hydrogen-bond acceptors (Lipinski definition) is 9. The minimum atomic E-state index is -0.615. The molecule has 13 nitrogen and oxygen atoms in total. The molecular weight excluding hydrogens is 520 g/mol. The van der Waals surface area contributed by atoms with Crippen molar-refractivity contribution in [1.29, 1.82) is 0 Å². The highest BCUT2D eigenvalue weighted by molar-refractivity contribution is 5.76. The van der Waals surface area contributed by atoms with E-state index in [1.54, 1.807) is 14.7 Å². The SMILES string of the molecule is CC(C)(C)OC(=O)N1CCC(N(CCCCc2nnc([C@@H]3CC[C@H]4CN3C(=O)N4O)o2)C(=O)OC(C)(C)C)CC1. The molecule has 0 saturated carbocycles. The maximum atomic E-state index is 13.1. The van der Waals surface area contributed by atoms with Crippen LogP contribution in [-0.2, 0) is 15.9 Å². The molecule has 3 aliphatic rings. The largest absolute Gasteiger partial charge is 0.444 e. The summed E-state index contributed by atoms with van der Waals surface area (Å²) >= 11 is 0. The summed E-state index contributed by atoms with van der Waals surface area (Å²) in [5.74, 6) is 0.878. The Morgan fingerprint density at radius 1 is 1.00 bits per heavy atom. The predicted molar refractivity (Wildman–Crippen MR) is 142 cm³/mol. The molecule has 0 aliphatic carbocycles. The molecule has 0 spiro atoms. The van der Waals surface area contributed by atoms with Crippen LogP contribution in [0.15, 0.2) is 4.42 Å². The summed E-state index contributed by atoms with van der Waals surface area (Å²) in [5.41, 5.74) is -1.17. The van der Waals surface area contributed by atoms with Crippen LogP contribution < -0.4 is 0 Å². The van der Waals surface area contributed by atoms with Crippen molar-refractivity contribution in [1.82, 2.24) is 30.0 Å². The van der Waals surface area contributed by atoms with Crippen molar-refractivity contribution < 1.29 is 33.5 Å². The van der Waals surface area contributed by atoms with E-state index in [0.29, 0.717) is 76.5 Å². The highest BCUT2D eigenvalue weighted by Crippen LogP contribution is 2.37. The summed E-state index contributed by atoms with van der Waals surface area (Å²) in [6.45, 7) is 13.1. The highest BCUT2D eigenvalue weighted by atomic mass is 16.6. The Bertz CT molecular complexity index is 1060. The number of hydroxylamine groups is 2. The van der Waals surface area contributed by atoms with Crippen molar-refractivity contribution in [2.24, 2.45) is 0 Å². The fourth-order valence-corrected chi connectivity index (χ4v) is 5.40. The zero-order chi connectivity index (χ0) is 29.2. The molecule has 3 saturated heterocycles. The lowest BCUT2D eigenvalue weighted by Crippen LogP contribution is -2.51. The first-order valence-electron chi connectivity index (χ1n) is 14.3. The Hall–Kier alpha value is -3.09. The Balaban J connectivity index is 1.29. The first-order valence-corrected chi connectivity index (χ1v) is 14.3. The number of amides is 4. The first kappa shape index (κ1) is 29.9. The van der Waals surface area contributed by atoms with Crippen LogP contribution >= 0.6 is 0 Å². The number of piperidine rings is 2. The van der Waals surface area contributed by atoms with Crippen LogP contribution in [0.5, 0.6) is 0 Å². The van der Waals surface area contributed by atoms with E-state index >= 15 is 0 Å². The van der Waals surface area contributed by atoms with Crippen molar-refractivity contribution in [3.63, 3.8) is 0 Å². The molecule has 3 fully saturated rings. The quantitative estimate of drug-likeness (QED) is 0.377. The van der Waals surface area contributed by atoms with Crippen LogP contribution in [0, 0.1) is 0 Å². The standard InChI is InChI=1S/C27H44N6O7/c1-26(2,3)39-24(35)30-15-12-18(13-16-30)31(25(36)40-27(4,5)6)14-8-7-9-21-28-29-22(38-21)20-11-10-19-17-32(20)23(34)33(19)37/h18-20,37H,7-17H2,1-6H3/t19-,20-/m0/s1. The number of hydrogen-bond donors (Lipinski definition) is 1. The molecule has 2 atom stereocenters. The summed E-state index contributed by atoms with van der Waals surface area (Å²) in [7, 11) is 0. The van der Waals surface area contributed by atoms with Crippen molar-refractivity contribution in [3.05, 3.63) is 11.8 Å². The van der Waals surface area contributed by atoms with Gasteiger partial charge in [0.2, 0.25) is 11.8 Å². The number of urea groups is 1. The van der Waals surface area contributed by atoms with Crippen LogP contribution in [0.4, 0.5) is 14.4 Å². The predicted octanol–water partition coefficient (Wildman–Crippen LogP) is 4.36. The van der Waals surface area contributed by atoms with E-state index in [-0.39, 0.29) is 30.3 Å². The molecule has 1 N–H and O–H groups in total. The maximum absolute atomic E-state index is 13.1. The van der Waals surface area contributed by atoms with E-state index in [9.17, 15) is 19.6 Å². The number of likely N-dealkylation sites (tertiary alicyclic amines) is 1. The Kier molecular flexibility index (Phi) is 8.81. The molecule has 0 unspecified atom stereocenters. The van der Waals surface area contributed by atoms with Gasteiger partial charge in [-0.1, -0.05) is 0 Å². The smallest absolute Gasteiger partial charge is 0.410 e. The molecule has 0 aromatic carbocycles. The van der Waals surface area contributed by atoms with Gasteiger partial charge in [-0.3, -0.25) is 5.21 Å². The number of rotatable bonds is 7. The monoisotopic (exact) mass is 564 g/mol. The molecule has 13 heteroatoms. The van der Waals surface area contributed by atoms with Gasteiger partial charge in [0, 0.05) is 38.6 Å². The summed E-state index contributed by atoms with van der Waals surface area (Å²) in [4.78, 5) is 42.9. The number of ether oxygens (including phenoxy) is 2. The lowest BCUT2D eigenvalue weighted by Gasteiger charge is -2.39. The second kappa shape index (κ2) is 11.8. The van der Waals surface area contributed by atoms with Gasteiger partial charge in [-0.25, -0.2) is 19.4 Å². The van der Waals surface area contributed by atoms with E-state index < -0.39 is 17.2 Å². The summed E-state index contributed by atoms with van der Waals surface area (Å²) in [5, 5.41) is 19.1. The van der Waals surface area contributed by atoms with Crippen molar-refractivity contribution in [3.8, 4) is 0 Å². The zero-order valence-corrected chi connectivity index (χ0v) is 24.6.